The van der Waals surface area contributed by atoms with Crippen molar-refractivity contribution in [2.24, 2.45) is 0 Å². The predicted octanol–water partition coefficient (Wildman–Crippen LogP) is 2.16. The minimum absolute atomic E-state index is 0.0498. The summed E-state index contributed by atoms with van der Waals surface area (Å²) in [5.74, 6) is -0.0498. The summed E-state index contributed by atoms with van der Waals surface area (Å²) < 4.78 is 5.34. The molecule has 4 nitrogen and oxygen atoms in total. The third kappa shape index (κ3) is 5.80. The standard InChI is InChI=1S/C14H22N2O2/c1-4-18-10-11(2)15-9-13-5-7-14(8-6-13)16-12(3)17/h5-8,11,15H,4,9-10H2,1-3H3,(H,16,17). The van der Waals surface area contributed by atoms with E-state index in [0.717, 1.165) is 25.4 Å². The van der Waals surface area contributed by atoms with E-state index in [0.29, 0.717) is 6.04 Å². The topological polar surface area (TPSA) is 50.4 Å². The maximum Gasteiger partial charge on any atom is 0.221 e. The summed E-state index contributed by atoms with van der Waals surface area (Å²) >= 11 is 0. The van der Waals surface area contributed by atoms with Crippen LogP contribution in [0.3, 0.4) is 0 Å². The molecular formula is C14H22N2O2. The molecule has 1 atom stereocenters. The monoisotopic (exact) mass is 250 g/mol. The number of hydrogen-bond donors (Lipinski definition) is 2. The number of carbonyl (C=O) groups excluding carboxylic acids is 1. The van der Waals surface area contributed by atoms with Gasteiger partial charge in [0.1, 0.15) is 0 Å². The molecule has 1 amide bonds. The van der Waals surface area contributed by atoms with E-state index in [2.05, 4.69) is 17.6 Å². The van der Waals surface area contributed by atoms with E-state index in [1.807, 2.05) is 31.2 Å². The smallest absolute Gasteiger partial charge is 0.221 e. The molecule has 0 bridgehead atoms. The molecule has 4 heteroatoms. The molecule has 2 N–H and O–H groups in total. The van der Waals surface area contributed by atoms with Gasteiger partial charge in [-0.2, -0.15) is 0 Å². The molecule has 0 aromatic heterocycles. The molecule has 1 rings (SSSR count). The lowest BCUT2D eigenvalue weighted by atomic mass is 10.2. The Kier molecular flexibility index (Phi) is 6.39. The van der Waals surface area contributed by atoms with Crippen LogP contribution in [0.5, 0.6) is 0 Å². The average molecular weight is 250 g/mol. The highest BCUT2D eigenvalue weighted by atomic mass is 16.5. The van der Waals surface area contributed by atoms with Crippen LogP contribution in [0.2, 0.25) is 0 Å². The molecule has 1 aromatic rings. The highest BCUT2D eigenvalue weighted by molar-refractivity contribution is 5.88. The third-order valence-corrected chi connectivity index (χ3v) is 2.50. The predicted molar refractivity (Wildman–Crippen MR) is 73.5 cm³/mol. The molecule has 1 aromatic carbocycles. The summed E-state index contributed by atoms with van der Waals surface area (Å²) in [4.78, 5) is 10.9. The van der Waals surface area contributed by atoms with Crippen LogP contribution in [-0.4, -0.2) is 25.2 Å². The van der Waals surface area contributed by atoms with E-state index < -0.39 is 0 Å². The first-order valence-corrected chi connectivity index (χ1v) is 6.29. The number of anilines is 1. The Balaban J connectivity index is 2.36. The molecule has 0 aliphatic carbocycles. The van der Waals surface area contributed by atoms with Crippen molar-refractivity contribution in [3.63, 3.8) is 0 Å². The second-order valence-corrected chi connectivity index (χ2v) is 4.32. The Morgan fingerprint density at radius 1 is 1.33 bits per heavy atom. The Labute approximate surface area is 109 Å². The van der Waals surface area contributed by atoms with Gasteiger partial charge in [0.25, 0.3) is 0 Å². The summed E-state index contributed by atoms with van der Waals surface area (Å²) in [6, 6.07) is 8.16. The van der Waals surface area contributed by atoms with E-state index in [9.17, 15) is 4.79 Å². The second-order valence-electron chi connectivity index (χ2n) is 4.32. The second kappa shape index (κ2) is 7.84. The van der Waals surface area contributed by atoms with E-state index in [-0.39, 0.29) is 5.91 Å². The molecule has 18 heavy (non-hydrogen) atoms. The molecule has 0 saturated carbocycles. The van der Waals surface area contributed by atoms with Crippen molar-refractivity contribution in [3.8, 4) is 0 Å². The van der Waals surface area contributed by atoms with Crippen LogP contribution >= 0.6 is 0 Å². The highest BCUT2D eigenvalue weighted by Gasteiger charge is 2.01. The zero-order chi connectivity index (χ0) is 13.4. The number of rotatable bonds is 7. The van der Waals surface area contributed by atoms with Crippen LogP contribution in [0.1, 0.15) is 26.3 Å². The minimum atomic E-state index is -0.0498. The average Bonchev–Trinajstić information content (AvgIpc) is 2.35. The molecule has 0 aliphatic heterocycles. The number of carbonyl (C=O) groups is 1. The number of nitrogens with one attached hydrogen (secondary N) is 2. The van der Waals surface area contributed by atoms with Crippen molar-refractivity contribution in [1.29, 1.82) is 0 Å². The number of ether oxygens (including phenoxy) is 1. The van der Waals surface area contributed by atoms with Crippen LogP contribution in [0, 0.1) is 0 Å². The molecule has 0 spiro atoms. The van der Waals surface area contributed by atoms with Crippen LogP contribution in [-0.2, 0) is 16.1 Å². The van der Waals surface area contributed by atoms with Crippen LogP contribution in [0.4, 0.5) is 5.69 Å². The van der Waals surface area contributed by atoms with Crippen LogP contribution in [0.25, 0.3) is 0 Å². The quantitative estimate of drug-likeness (QED) is 0.779. The number of benzene rings is 1. The van der Waals surface area contributed by atoms with E-state index in [1.54, 1.807) is 0 Å². The summed E-state index contributed by atoms with van der Waals surface area (Å²) in [6.45, 7) is 7.87. The zero-order valence-corrected chi connectivity index (χ0v) is 11.3. The highest BCUT2D eigenvalue weighted by Crippen LogP contribution is 2.09. The largest absolute Gasteiger partial charge is 0.380 e. The van der Waals surface area contributed by atoms with Crippen LogP contribution < -0.4 is 10.6 Å². The van der Waals surface area contributed by atoms with Gasteiger partial charge < -0.3 is 15.4 Å². The Bertz CT molecular complexity index is 363. The Hall–Kier alpha value is -1.39. The summed E-state index contributed by atoms with van der Waals surface area (Å²) in [5, 5.41) is 6.13. The maximum atomic E-state index is 10.9. The summed E-state index contributed by atoms with van der Waals surface area (Å²) in [6.07, 6.45) is 0. The minimum Gasteiger partial charge on any atom is -0.380 e. The summed E-state index contributed by atoms with van der Waals surface area (Å²) in [5.41, 5.74) is 2.01. The van der Waals surface area contributed by atoms with Gasteiger partial charge >= 0.3 is 0 Å². The fraction of sp³-hybridized carbons (Fsp3) is 0.500. The van der Waals surface area contributed by atoms with E-state index in [4.69, 9.17) is 4.74 Å². The Morgan fingerprint density at radius 3 is 2.56 bits per heavy atom. The van der Waals surface area contributed by atoms with Crippen molar-refractivity contribution >= 4 is 11.6 Å². The lowest BCUT2D eigenvalue weighted by Gasteiger charge is -2.13. The normalized spacial score (nSPS) is 12.2. The van der Waals surface area contributed by atoms with Crippen molar-refractivity contribution < 1.29 is 9.53 Å². The SMILES string of the molecule is CCOCC(C)NCc1ccc(NC(C)=O)cc1. The van der Waals surface area contributed by atoms with E-state index in [1.165, 1.54) is 12.5 Å². The van der Waals surface area contributed by atoms with Gasteiger partial charge in [0, 0.05) is 31.8 Å². The first-order chi connectivity index (χ1) is 8.61. The van der Waals surface area contributed by atoms with Gasteiger partial charge in [-0.1, -0.05) is 12.1 Å². The van der Waals surface area contributed by atoms with Gasteiger partial charge in [-0.3, -0.25) is 4.79 Å². The van der Waals surface area contributed by atoms with Crippen molar-refractivity contribution in [2.45, 2.75) is 33.4 Å². The molecule has 0 heterocycles. The lowest BCUT2D eigenvalue weighted by molar-refractivity contribution is -0.114. The Morgan fingerprint density at radius 2 is 2.00 bits per heavy atom. The molecule has 0 radical (unpaired) electrons. The fourth-order valence-corrected chi connectivity index (χ4v) is 1.55. The van der Waals surface area contributed by atoms with Gasteiger partial charge in [-0.05, 0) is 31.5 Å². The van der Waals surface area contributed by atoms with Gasteiger partial charge in [-0.25, -0.2) is 0 Å². The zero-order valence-electron chi connectivity index (χ0n) is 11.3. The van der Waals surface area contributed by atoms with Crippen LogP contribution in [0.15, 0.2) is 24.3 Å². The number of hydrogen-bond acceptors (Lipinski definition) is 3. The van der Waals surface area contributed by atoms with Crippen molar-refractivity contribution in [2.75, 3.05) is 18.5 Å². The van der Waals surface area contributed by atoms with Gasteiger partial charge in [0.15, 0.2) is 0 Å². The molecule has 0 aliphatic rings. The van der Waals surface area contributed by atoms with Gasteiger partial charge in [0.2, 0.25) is 5.91 Å². The summed E-state index contributed by atoms with van der Waals surface area (Å²) in [7, 11) is 0. The number of amides is 1. The van der Waals surface area contributed by atoms with Gasteiger partial charge in [-0.15, -0.1) is 0 Å². The molecule has 1 unspecified atom stereocenters. The molecule has 0 fully saturated rings. The first-order valence-electron chi connectivity index (χ1n) is 6.29. The maximum absolute atomic E-state index is 10.9. The van der Waals surface area contributed by atoms with Crippen molar-refractivity contribution in [1.82, 2.24) is 5.32 Å². The molecule has 0 saturated heterocycles. The first kappa shape index (κ1) is 14.7. The molecule has 100 valence electrons. The fourth-order valence-electron chi connectivity index (χ4n) is 1.55. The molecular weight excluding hydrogens is 228 g/mol. The third-order valence-electron chi connectivity index (χ3n) is 2.50. The van der Waals surface area contributed by atoms with Crippen molar-refractivity contribution in [3.05, 3.63) is 29.8 Å². The lowest BCUT2D eigenvalue weighted by Crippen LogP contribution is -2.30. The van der Waals surface area contributed by atoms with Gasteiger partial charge in [0.05, 0.1) is 6.61 Å². The van der Waals surface area contributed by atoms with E-state index >= 15 is 0 Å².